The third kappa shape index (κ3) is 5.11. The molecule has 0 heterocycles. The molecule has 3 amide bonds. The zero-order chi connectivity index (χ0) is 15.8. The van der Waals surface area contributed by atoms with Crippen molar-refractivity contribution in [3.8, 4) is 0 Å². The molecule has 8 nitrogen and oxygen atoms in total. The monoisotopic (exact) mass is 295 g/mol. The Bertz CT molecular complexity index is 506. The van der Waals surface area contributed by atoms with Gasteiger partial charge in [0.05, 0.1) is 13.7 Å². The van der Waals surface area contributed by atoms with Crippen molar-refractivity contribution in [2.24, 2.45) is 5.73 Å². The number of urea groups is 1. The van der Waals surface area contributed by atoms with Crippen LogP contribution in [0, 0.1) is 0 Å². The fourth-order valence-electron chi connectivity index (χ4n) is 1.61. The summed E-state index contributed by atoms with van der Waals surface area (Å²) in [7, 11) is 1.12. The molecular weight excluding hydrogens is 278 g/mol. The van der Waals surface area contributed by atoms with Crippen LogP contribution in [0.15, 0.2) is 30.3 Å². The smallest absolute Gasteiger partial charge is 0.336 e. The van der Waals surface area contributed by atoms with Gasteiger partial charge >= 0.3 is 12.0 Å². The van der Waals surface area contributed by atoms with Crippen molar-refractivity contribution >= 4 is 17.9 Å². The van der Waals surface area contributed by atoms with E-state index in [1.807, 2.05) is 0 Å². The molecule has 0 bridgehead atoms. The van der Waals surface area contributed by atoms with Crippen LogP contribution in [0.3, 0.4) is 0 Å². The Morgan fingerprint density at radius 3 is 2.43 bits per heavy atom. The second-order valence-electron chi connectivity index (χ2n) is 4.14. The van der Waals surface area contributed by atoms with Gasteiger partial charge < -0.3 is 26.2 Å². The van der Waals surface area contributed by atoms with Crippen LogP contribution in [0.2, 0.25) is 0 Å². The van der Waals surface area contributed by atoms with Crippen LogP contribution in [0.5, 0.6) is 0 Å². The van der Waals surface area contributed by atoms with Crippen molar-refractivity contribution in [1.82, 2.24) is 10.6 Å². The zero-order valence-electron chi connectivity index (χ0n) is 11.4. The predicted octanol–water partition coefficient (Wildman–Crippen LogP) is -0.954. The Labute approximate surface area is 121 Å². The van der Waals surface area contributed by atoms with Gasteiger partial charge in [0.1, 0.15) is 6.04 Å². The minimum atomic E-state index is -1.48. The van der Waals surface area contributed by atoms with Gasteiger partial charge in [-0.05, 0) is 5.56 Å². The van der Waals surface area contributed by atoms with Crippen molar-refractivity contribution in [2.45, 2.75) is 12.1 Å². The molecule has 0 spiro atoms. The Morgan fingerprint density at radius 2 is 1.90 bits per heavy atom. The number of ether oxygens (including phenoxy) is 1. The molecule has 0 aromatic heterocycles. The average Bonchev–Trinajstić information content (AvgIpc) is 2.49. The first-order valence-corrected chi connectivity index (χ1v) is 6.10. The molecule has 114 valence electrons. The highest BCUT2D eigenvalue weighted by Crippen LogP contribution is 2.12. The Kier molecular flexibility index (Phi) is 6.15. The van der Waals surface area contributed by atoms with Crippen LogP contribution in [0.4, 0.5) is 4.79 Å². The standard InChI is InChI=1S/C13H17N3O5/c1-21-12(19)9(17)7-15-11(18)10(16-13(14)20)8-5-3-2-4-6-8/h2-6,9-10,17H,7H2,1H3,(H,15,18)(H3,14,16,20). The molecule has 5 N–H and O–H groups in total. The highest BCUT2D eigenvalue weighted by Gasteiger charge is 2.23. The minimum Gasteiger partial charge on any atom is -0.467 e. The van der Waals surface area contributed by atoms with E-state index in [0.717, 1.165) is 7.11 Å². The Morgan fingerprint density at radius 1 is 1.29 bits per heavy atom. The van der Waals surface area contributed by atoms with Gasteiger partial charge in [-0.2, -0.15) is 0 Å². The number of benzene rings is 1. The first-order chi connectivity index (χ1) is 9.95. The Balaban J connectivity index is 2.73. The number of rotatable bonds is 6. The number of nitrogens with one attached hydrogen (secondary N) is 2. The summed E-state index contributed by atoms with van der Waals surface area (Å²) in [6.07, 6.45) is -1.48. The molecule has 1 aromatic rings. The summed E-state index contributed by atoms with van der Waals surface area (Å²) in [6, 6.07) is 6.53. The van der Waals surface area contributed by atoms with Gasteiger partial charge in [0.2, 0.25) is 5.91 Å². The van der Waals surface area contributed by atoms with Gasteiger partial charge in [-0.25, -0.2) is 9.59 Å². The Hall–Kier alpha value is -2.61. The molecule has 21 heavy (non-hydrogen) atoms. The van der Waals surface area contributed by atoms with Crippen LogP contribution in [0.25, 0.3) is 0 Å². The maximum atomic E-state index is 12.0. The summed E-state index contributed by atoms with van der Waals surface area (Å²) in [5.74, 6) is -1.47. The number of carbonyl (C=O) groups excluding carboxylic acids is 3. The summed E-state index contributed by atoms with van der Waals surface area (Å²) < 4.78 is 4.32. The number of aliphatic hydroxyl groups is 1. The third-order valence-electron chi connectivity index (χ3n) is 2.62. The topological polar surface area (TPSA) is 131 Å². The van der Waals surface area contributed by atoms with Crippen molar-refractivity contribution in [3.63, 3.8) is 0 Å². The number of carbonyl (C=O) groups is 3. The van der Waals surface area contributed by atoms with Crippen LogP contribution in [0.1, 0.15) is 11.6 Å². The number of methoxy groups -OCH3 is 1. The largest absolute Gasteiger partial charge is 0.467 e. The average molecular weight is 295 g/mol. The van der Waals surface area contributed by atoms with Crippen LogP contribution in [-0.2, 0) is 14.3 Å². The molecule has 0 radical (unpaired) electrons. The number of hydrogen-bond acceptors (Lipinski definition) is 5. The molecule has 2 unspecified atom stereocenters. The van der Waals surface area contributed by atoms with Crippen LogP contribution in [-0.4, -0.2) is 42.8 Å². The van der Waals surface area contributed by atoms with Crippen molar-refractivity contribution in [3.05, 3.63) is 35.9 Å². The fraction of sp³-hybridized carbons (Fsp3) is 0.308. The number of aliphatic hydroxyl groups excluding tert-OH is 1. The minimum absolute atomic E-state index is 0.338. The molecule has 1 aromatic carbocycles. The van der Waals surface area contributed by atoms with E-state index in [2.05, 4.69) is 15.4 Å². The fourth-order valence-corrected chi connectivity index (χ4v) is 1.61. The first kappa shape index (κ1) is 16.4. The lowest BCUT2D eigenvalue weighted by Crippen LogP contribution is -2.45. The number of nitrogens with two attached hydrogens (primary N) is 1. The highest BCUT2D eigenvalue weighted by atomic mass is 16.5. The molecule has 0 aliphatic heterocycles. The highest BCUT2D eigenvalue weighted by molar-refractivity contribution is 5.88. The summed E-state index contributed by atoms with van der Waals surface area (Å²) in [5, 5.41) is 14.0. The molecule has 0 aliphatic carbocycles. The van der Waals surface area contributed by atoms with E-state index in [-0.39, 0.29) is 6.54 Å². The predicted molar refractivity (Wildman–Crippen MR) is 72.9 cm³/mol. The first-order valence-electron chi connectivity index (χ1n) is 6.10. The van der Waals surface area contributed by atoms with Crippen molar-refractivity contribution in [1.29, 1.82) is 0 Å². The summed E-state index contributed by atoms with van der Waals surface area (Å²) in [6.45, 7) is -0.338. The molecule has 1 rings (SSSR count). The van der Waals surface area contributed by atoms with E-state index < -0.39 is 30.1 Å². The third-order valence-corrected chi connectivity index (χ3v) is 2.62. The van der Waals surface area contributed by atoms with Crippen molar-refractivity contribution in [2.75, 3.05) is 13.7 Å². The molecule has 0 fully saturated rings. The van der Waals surface area contributed by atoms with E-state index in [0.29, 0.717) is 5.56 Å². The van der Waals surface area contributed by atoms with Crippen LogP contribution >= 0.6 is 0 Å². The van der Waals surface area contributed by atoms with E-state index in [1.165, 1.54) is 0 Å². The normalized spacial score (nSPS) is 12.9. The second kappa shape index (κ2) is 7.85. The SMILES string of the molecule is COC(=O)C(O)CNC(=O)C(NC(N)=O)c1ccccc1. The number of amides is 3. The van der Waals surface area contributed by atoms with Gasteiger partial charge in [-0.15, -0.1) is 0 Å². The van der Waals surface area contributed by atoms with Crippen LogP contribution < -0.4 is 16.4 Å². The summed E-state index contributed by atoms with van der Waals surface area (Å²) >= 11 is 0. The van der Waals surface area contributed by atoms with Gasteiger partial charge in [0.25, 0.3) is 0 Å². The number of primary amides is 1. The molecule has 0 saturated carbocycles. The van der Waals surface area contributed by atoms with E-state index in [4.69, 9.17) is 5.73 Å². The lowest BCUT2D eigenvalue weighted by Gasteiger charge is -2.18. The lowest BCUT2D eigenvalue weighted by atomic mass is 10.1. The maximum absolute atomic E-state index is 12.0. The van der Waals surface area contributed by atoms with Gasteiger partial charge in [-0.3, -0.25) is 4.79 Å². The van der Waals surface area contributed by atoms with Gasteiger partial charge in [0.15, 0.2) is 6.10 Å². The summed E-state index contributed by atoms with van der Waals surface area (Å²) in [5.41, 5.74) is 5.56. The number of esters is 1. The van der Waals surface area contributed by atoms with E-state index in [9.17, 15) is 19.5 Å². The van der Waals surface area contributed by atoms with Crippen molar-refractivity contribution < 1.29 is 24.2 Å². The maximum Gasteiger partial charge on any atom is 0.336 e. The van der Waals surface area contributed by atoms with E-state index in [1.54, 1.807) is 30.3 Å². The number of hydrogen-bond donors (Lipinski definition) is 4. The summed E-state index contributed by atoms with van der Waals surface area (Å²) in [4.78, 5) is 34.1. The van der Waals surface area contributed by atoms with Gasteiger partial charge in [-0.1, -0.05) is 30.3 Å². The molecule has 0 saturated heterocycles. The molecule has 8 heteroatoms. The van der Waals surface area contributed by atoms with Gasteiger partial charge in [0, 0.05) is 0 Å². The lowest BCUT2D eigenvalue weighted by molar-refractivity contribution is -0.150. The quantitative estimate of drug-likeness (QED) is 0.502. The van der Waals surface area contributed by atoms with E-state index >= 15 is 0 Å². The molecule has 0 aliphatic rings. The molecular formula is C13H17N3O5. The second-order valence-corrected chi connectivity index (χ2v) is 4.14. The zero-order valence-corrected chi connectivity index (χ0v) is 11.4. The molecule has 2 atom stereocenters.